The first-order valence-electron chi connectivity index (χ1n) is 9.20. The molecule has 0 bridgehead atoms. The Balaban J connectivity index is 1.60. The summed E-state index contributed by atoms with van der Waals surface area (Å²) in [6.07, 6.45) is 3.37. The highest BCUT2D eigenvalue weighted by molar-refractivity contribution is 5.80. The number of pyridine rings is 1. The second-order valence-electron chi connectivity index (χ2n) is 6.67. The molecule has 0 aromatic carbocycles. The van der Waals surface area contributed by atoms with Crippen molar-refractivity contribution in [1.82, 2.24) is 30.1 Å². The van der Waals surface area contributed by atoms with Crippen LogP contribution in [0, 0.1) is 0 Å². The summed E-state index contributed by atoms with van der Waals surface area (Å²) in [7, 11) is 0. The van der Waals surface area contributed by atoms with Crippen molar-refractivity contribution in [3.8, 4) is 5.82 Å². The first-order valence-corrected chi connectivity index (χ1v) is 9.20. The molecule has 152 valence electrons. The van der Waals surface area contributed by atoms with Gasteiger partial charge in [-0.25, -0.2) is 15.0 Å². The molecule has 28 heavy (non-hydrogen) atoms. The summed E-state index contributed by atoms with van der Waals surface area (Å²) in [5.41, 5.74) is 0.973. The molecule has 0 spiro atoms. The van der Waals surface area contributed by atoms with Crippen molar-refractivity contribution in [1.29, 1.82) is 0 Å². The van der Waals surface area contributed by atoms with Crippen molar-refractivity contribution >= 4 is 5.96 Å². The van der Waals surface area contributed by atoms with Gasteiger partial charge in [-0.2, -0.15) is 13.2 Å². The molecule has 1 atom stereocenters. The molecule has 2 aromatic heterocycles. The summed E-state index contributed by atoms with van der Waals surface area (Å²) >= 11 is 0. The van der Waals surface area contributed by atoms with Crippen molar-refractivity contribution in [3.63, 3.8) is 0 Å². The van der Waals surface area contributed by atoms with E-state index in [-0.39, 0.29) is 6.04 Å². The number of aromatic nitrogens is 3. The highest BCUT2D eigenvalue weighted by Gasteiger charge is 2.34. The van der Waals surface area contributed by atoms with E-state index in [0.29, 0.717) is 38.6 Å². The molecule has 1 aliphatic heterocycles. The van der Waals surface area contributed by atoms with Gasteiger partial charge in [0.15, 0.2) is 5.96 Å². The average molecular weight is 395 g/mol. The maximum atomic E-state index is 12.6. The van der Waals surface area contributed by atoms with Crippen LogP contribution < -0.4 is 10.6 Å². The molecule has 1 aliphatic rings. The van der Waals surface area contributed by atoms with Crippen LogP contribution in [0.4, 0.5) is 13.2 Å². The van der Waals surface area contributed by atoms with E-state index in [1.807, 2.05) is 29.8 Å². The zero-order valence-corrected chi connectivity index (χ0v) is 15.7. The zero-order chi connectivity index (χ0) is 20.0. The molecule has 3 heterocycles. The zero-order valence-electron chi connectivity index (χ0n) is 15.7. The number of hydrogen-bond acceptors (Lipinski definition) is 4. The lowest BCUT2D eigenvalue weighted by atomic mass is 10.2. The molecule has 3 rings (SSSR count). The van der Waals surface area contributed by atoms with Crippen molar-refractivity contribution in [2.24, 2.45) is 4.99 Å². The Labute approximate surface area is 161 Å². The Morgan fingerprint density at radius 1 is 1.36 bits per heavy atom. The van der Waals surface area contributed by atoms with Crippen molar-refractivity contribution < 1.29 is 13.2 Å². The molecule has 7 nitrogen and oxygen atoms in total. The molecule has 0 radical (unpaired) electrons. The number of nitrogens with zero attached hydrogens (tertiary/aromatic N) is 5. The van der Waals surface area contributed by atoms with Crippen LogP contribution in [0.3, 0.4) is 0 Å². The second-order valence-corrected chi connectivity index (χ2v) is 6.67. The number of rotatable bonds is 6. The summed E-state index contributed by atoms with van der Waals surface area (Å²) in [5.74, 6) is 1.35. The van der Waals surface area contributed by atoms with Crippen molar-refractivity contribution in [2.45, 2.75) is 32.1 Å². The van der Waals surface area contributed by atoms with E-state index >= 15 is 0 Å². The largest absolute Gasteiger partial charge is 0.401 e. The Bertz CT molecular complexity index is 774. The van der Waals surface area contributed by atoms with Crippen LogP contribution in [-0.4, -0.2) is 63.8 Å². The van der Waals surface area contributed by atoms with Gasteiger partial charge in [-0.15, -0.1) is 0 Å². The van der Waals surface area contributed by atoms with E-state index in [1.54, 1.807) is 18.7 Å². The monoisotopic (exact) mass is 395 g/mol. The van der Waals surface area contributed by atoms with Crippen molar-refractivity contribution in [3.05, 3.63) is 42.6 Å². The van der Waals surface area contributed by atoms with Gasteiger partial charge >= 0.3 is 6.18 Å². The highest BCUT2D eigenvalue weighted by atomic mass is 19.4. The third kappa shape index (κ3) is 5.95. The van der Waals surface area contributed by atoms with Crippen LogP contribution in [0.25, 0.3) is 5.82 Å². The predicted molar refractivity (Wildman–Crippen MR) is 100 cm³/mol. The first-order chi connectivity index (χ1) is 13.4. The Kier molecular flexibility index (Phi) is 6.50. The maximum absolute atomic E-state index is 12.6. The van der Waals surface area contributed by atoms with Gasteiger partial charge in [0, 0.05) is 44.3 Å². The van der Waals surface area contributed by atoms with E-state index in [4.69, 9.17) is 0 Å². The van der Waals surface area contributed by atoms with Gasteiger partial charge in [-0.05, 0) is 31.0 Å². The second kappa shape index (κ2) is 9.05. The number of halogens is 3. The molecule has 0 amide bonds. The fraction of sp³-hybridized carbons (Fsp3) is 0.500. The fourth-order valence-electron chi connectivity index (χ4n) is 3.13. The number of likely N-dealkylation sites (tertiary alicyclic amines) is 1. The molecule has 0 saturated carbocycles. The molecule has 1 fully saturated rings. The number of aliphatic imine (C=N–C) groups is 1. The Hall–Kier alpha value is -2.62. The minimum Gasteiger partial charge on any atom is -0.357 e. The molecule has 0 aliphatic carbocycles. The normalized spacial score (nSPS) is 18.4. The molecule has 1 saturated heterocycles. The average Bonchev–Trinajstić information content (AvgIpc) is 3.31. The molecule has 10 heteroatoms. The number of alkyl halides is 3. The third-order valence-corrected chi connectivity index (χ3v) is 4.36. The minimum absolute atomic E-state index is 0.0564. The lowest BCUT2D eigenvalue weighted by molar-refractivity contribution is -0.143. The SMILES string of the molecule is CCNC(=NCc1ccnc(-n2ccnc2)c1)NC1CCN(CC(F)(F)F)C1. The predicted octanol–water partition coefficient (Wildman–Crippen LogP) is 1.96. The van der Waals surface area contributed by atoms with Gasteiger partial charge in [0.1, 0.15) is 12.1 Å². The summed E-state index contributed by atoms with van der Waals surface area (Å²) in [5, 5.41) is 6.40. The quantitative estimate of drug-likeness (QED) is 0.578. The topological polar surface area (TPSA) is 70.4 Å². The standard InChI is InChI=1S/C18H24F3N7/c1-2-23-17(26-15-4-7-27(11-15)12-18(19,20)21)25-10-14-3-5-24-16(9-14)28-8-6-22-13-28/h3,5-6,8-9,13,15H,2,4,7,10-12H2,1H3,(H2,23,25,26). The Morgan fingerprint density at radius 3 is 2.93 bits per heavy atom. The van der Waals surface area contributed by atoms with Crippen LogP contribution >= 0.6 is 0 Å². The summed E-state index contributed by atoms with van der Waals surface area (Å²) < 4.78 is 39.5. The summed E-state index contributed by atoms with van der Waals surface area (Å²) in [6.45, 7) is 2.96. The molecule has 2 aromatic rings. The minimum atomic E-state index is -4.16. The Morgan fingerprint density at radius 2 is 2.21 bits per heavy atom. The van der Waals surface area contributed by atoms with Gasteiger partial charge in [-0.1, -0.05) is 0 Å². The lowest BCUT2D eigenvalue weighted by Gasteiger charge is -2.19. The van der Waals surface area contributed by atoms with Gasteiger partial charge in [0.05, 0.1) is 13.1 Å². The number of imidazole rings is 1. The van der Waals surface area contributed by atoms with Gasteiger partial charge in [-0.3, -0.25) is 9.47 Å². The van der Waals surface area contributed by atoms with E-state index in [9.17, 15) is 13.2 Å². The lowest BCUT2D eigenvalue weighted by Crippen LogP contribution is -2.45. The van der Waals surface area contributed by atoms with Crippen LogP contribution in [0.1, 0.15) is 18.9 Å². The maximum Gasteiger partial charge on any atom is 0.401 e. The van der Waals surface area contributed by atoms with Crippen molar-refractivity contribution in [2.75, 3.05) is 26.2 Å². The van der Waals surface area contributed by atoms with E-state index in [0.717, 1.165) is 11.4 Å². The molecular weight excluding hydrogens is 371 g/mol. The first kappa shape index (κ1) is 20.1. The number of hydrogen-bond donors (Lipinski definition) is 2. The smallest absolute Gasteiger partial charge is 0.357 e. The molecule has 2 N–H and O–H groups in total. The number of guanidine groups is 1. The van der Waals surface area contributed by atoms with E-state index in [1.165, 1.54) is 4.90 Å². The van der Waals surface area contributed by atoms with Crippen LogP contribution in [-0.2, 0) is 6.54 Å². The fourth-order valence-corrected chi connectivity index (χ4v) is 3.13. The van der Waals surface area contributed by atoms with Crippen LogP contribution in [0.2, 0.25) is 0 Å². The third-order valence-electron chi connectivity index (χ3n) is 4.36. The summed E-state index contributed by atoms with van der Waals surface area (Å²) in [4.78, 5) is 14.3. The van der Waals surface area contributed by atoms with E-state index in [2.05, 4.69) is 25.6 Å². The highest BCUT2D eigenvalue weighted by Crippen LogP contribution is 2.20. The van der Waals surface area contributed by atoms with E-state index < -0.39 is 12.7 Å². The molecular formula is C18H24F3N7. The van der Waals surface area contributed by atoms with Gasteiger partial charge in [0.25, 0.3) is 0 Å². The van der Waals surface area contributed by atoms with Gasteiger partial charge < -0.3 is 10.6 Å². The van der Waals surface area contributed by atoms with Gasteiger partial charge in [0.2, 0.25) is 0 Å². The molecule has 1 unspecified atom stereocenters. The summed E-state index contributed by atoms with van der Waals surface area (Å²) in [6, 6.07) is 3.75. The van der Waals surface area contributed by atoms with Crippen LogP contribution in [0.5, 0.6) is 0 Å². The van der Waals surface area contributed by atoms with Crippen LogP contribution in [0.15, 0.2) is 42.0 Å². The number of nitrogens with one attached hydrogen (secondary N) is 2.